The molecule has 0 saturated carbocycles. The third kappa shape index (κ3) is 4.05. The number of hydrogen-bond acceptors (Lipinski definition) is 4. The van der Waals surface area contributed by atoms with Gasteiger partial charge in [-0.1, -0.05) is 37.3 Å². The van der Waals surface area contributed by atoms with Crippen LogP contribution in [0.25, 0.3) is 0 Å². The maximum absolute atomic E-state index is 8.86. The number of nitrogens with zero attached hydrogens (tertiary/aromatic N) is 3. The van der Waals surface area contributed by atoms with Crippen molar-refractivity contribution in [2.75, 3.05) is 20.1 Å². The van der Waals surface area contributed by atoms with E-state index in [2.05, 4.69) is 54.1 Å². The molecule has 1 saturated heterocycles. The second-order valence-corrected chi connectivity index (χ2v) is 6.85. The minimum absolute atomic E-state index is 0.393. The standard InChI is InChI=1S/C20H25N3O/c1-16-13-23(14-17-6-4-3-5-7-17)11-10-20(16)22(2)15-19-9-8-18(12-21)24-19/h3-9,16,20H,10-11,13-15H2,1-2H3. The van der Waals surface area contributed by atoms with Gasteiger partial charge in [-0.05, 0) is 43.6 Å². The molecule has 2 heterocycles. The maximum atomic E-state index is 8.86. The van der Waals surface area contributed by atoms with Crippen LogP contribution in [0.2, 0.25) is 0 Å². The van der Waals surface area contributed by atoms with Gasteiger partial charge in [-0.25, -0.2) is 0 Å². The van der Waals surface area contributed by atoms with E-state index in [0.717, 1.165) is 38.4 Å². The third-order valence-electron chi connectivity index (χ3n) is 4.94. The van der Waals surface area contributed by atoms with E-state index in [-0.39, 0.29) is 0 Å². The van der Waals surface area contributed by atoms with Crippen molar-refractivity contribution in [3.63, 3.8) is 0 Å². The Morgan fingerprint density at radius 2 is 2.04 bits per heavy atom. The van der Waals surface area contributed by atoms with Crippen LogP contribution < -0.4 is 0 Å². The summed E-state index contributed by atoms with van der Waals surface area (Å²) in [6.07, 6.45) is 1.16. The predicted octanol–water partition coefficient (Wildman–Crippen LogP) is 3.49. The normalized spacial score (nSPS) is 21.8. The van der Waals surface area contributed by atoms with E-state index in [0.29, 0.717) is 17.7 Å². The Hall–Kier alpha value is -2.09. The van der Waals surface area contributed by atoms with E-state index in [1.54, 1.807) is 6.07 Å². The van der Waals surface area contributed by atoms with Crippen LogP contribution >= 0.6 is 0 Å². The lowest BCUT2D eigenvalue weighted by molar-refractivity contribution is 0.0682. The molecule has 1 aliphatic rings. The Kier molecular flexibility index (Phi) is 5.34. The van der Waals surface area contributed by atoms with Gasteiger partial charge in [-0.3, -0.25) is 9.80 Å². The molecule has 0 N–H and O–H groups in total. The monoisotopic (exact) mass is 323 g/mol. The van der Waals surface area contributed by atoms with Crippen LogP contribution in [-0.4, -0.2) is 36.0 Å². The van der Waals surface area contributed by atoms with Crippen LogP contribution in [0.15, 0.2) is 46.9 Å². The molecule has 4 heteroatoms. The summed E-state index contributed by atoms with van der Waals surface area (Å²) in [5.74, 6) is 1.87. The fraction of sp³-hybridized carbons (Fsp3) is 0.450. The first-order valence-electron chi connectivity index (χ1n) is 8.61. The summed E-state index contributed by atoms with van der Waals surface area (Å²) in [6, 6.07) is 16.9. The van der Waals surface area contributed by atoms with Crippen LogP contribution in [0, 0.1) is 17.2 Å². The second kappa shape index (κ2) is 7.65. The summed E-state index contributed by atoms with van der Waals surface area (Å²) in [5.41, 5.74) is 1.39. The molecule has 0 amide bonds. The molecule has 3 rings (SSSR count). The Balaban J connectivity index is 1.54. The highest BCUT2D eigenvalue weighted by Gasteiger charge is 2.29. The SMILES string of the molecule is CC1CN(Cc2ccccc2)CCC1N(C)Cc1ccc(C#N)o1. The summed E-state index contributed by atoms with van der Waals surface area (Å²) in [4.78, 5) is 4.91. The van der Waals surface area contributed by atoms with Crippen molar-refractivity contribution in [3.8, 4) is 6.07 Å². The van der Waals surface area contributed by atoms with Gasteiger partial charge in [0.05, 0.1) is 6.54 Å². The molecule has 0 bridgehead atoms. The lowest BCUT2D eigenvalue weighted by Crippen LogP contribution is -2.48. The van der Waals surface area contributed by atoms with Gasteiger partial charge in [0.1, 0.15) is 11.8 Å². The van der Waals surface area contributed by atoms with E-state index >= 15 is 0 Å². The van der Waals surface area contributed by atoms with Gasteiger partial charge in [0.15, 0.2) is 0 Å². The summed E-state index contributed by atoms with van der Waals surface area (Å²) in [5, 5.41) is 8.86. The molecule has 2 aromatic rings. The van der Waals surface area contributed by atoms with Crippen molar-refractivity contribution in [1.29, 1.82) is 5.26 Å². The van der Waals surface area contributed by atoms with Crippen molar-refractivity contribution < 1.29 is 4.42 Å². The molecule has 1 aromatic heterocycles. The molecule has 24 heavy (non-hydrogen) atoms. The molecule has 0 aliphatic carbocycles. The van der Waals surface area contributed by atoms with E-state index in [4.69, 9.17) is 9.68 Å². The highest BCUT2D eigenvalue weighted by Crippen LogP contribution is 2.24. The Morgan fingerprint density at radius 1 is 1.25 bits per heavy atom. The topological polar surface area (TPSA) is 43.4 Å². The number of furan rings is 1. The Morgan fingerprint density at radius 3 is 2.71 bits per heavy atom. The van der Waals surface area contributed by atoms with Gasteiger partial charge in [-0.15, -0.1) is 0 Å². The smallest absolute Gasteiger partial charge is 0.203 e. The van der Waals surface area contributed by atoms with Crippen LogP contribution in [0.3, 0.4) is 0 Å². The first-order valence-corrected chi connectivity index (χ1v) is 8.61. The Bertz CT molecular complexity index is 688. The average molecular weight is 323 g/mol. The van der Waals surface area contributed by atoms with Gasteiger partial charge >= 0.3 is 0 Å². The summed E-state index contributed by atoms with van der Waals surface area (Å²) in [6.45, 7) is 6.36. The van der Waals surface area contributed by atoms with E-state index in [1.807, 2.05) is 12.1 Å². The van der Waals surface area contributed by atoms with Gasteiger partial charge in [0.2, 0.25) is 5.76 Å². The number of likely N-dealkylation sites (tertiary alicyclic amines) is 1. The molecule has 1 fully saturated rings. The number of hydrogen-bond donors (Lipinski definition) is 0. The number of nitriles is 1. The highest BCUT2D eigenvalue weighted by molar-refractivity contribution is 5.19. The van der Waals surface area contributed by atoms with Gasteiger partial charge in [0, 0.05) is 19.1 Å². The summed E-state index contributed by atoms with van der Waals surface area (Å²) < 4.78 is 5.52. The lowest BCUT2D eigenvalue weighted by atomic mass is 9.92. The molecule has 1 aliphatic heterocycles. The van der Waals surface area contributed by atoms with Gasteiger partial charge in [0.25, 0.3) is 0 Å². The zero-order valence-electron chi connectivity index (χ0n) is 14.5. The van der Waals surface area contributed by atoms with E-state index < -0.39 is 0 Å². The fourth-order valence-corrected chi connectivity index (χ4v) is 3.75. The molecule has 2 unspecified atom stereocenters. The average Bonchev–Trinajstić information content (AvgIpc) is 3.03. The quantitative estimate of drug-likeness (QED) is 0.845. The molecule has 4 nitrogen and oxygen atoms in total. The summed E-state index contributed by atoms with van der Waals surface area (Å²) >= 11 is 0. The molecular formula is C20H25N3O. The second-order valence-electron chi connectivity index (χ2n) is 6.85. The first kappa shape index (κ1) is 16.8. The fourth-order valence-electron chi connectivity index (χ4n) is 3.75. The number of benzene rings is 1. The van der Waals surface area contributed by atoms with Crippen molar-refractivity contribution in [2.45, 2.75) is 32.5 Å². The van der Waals surface area contributed by atoms with E-state index in [1.165, 1.54) is 5.56 Å². The van der Waals surface area contributed by atoms with E-state index in [9.17, 15) is 0 Å². The minimum Gasteiger partial charge on any atom is -0.449 e. The van der Waals surface area contributed by atoms with Crippen LogP contribution in [-0.2, 0) is 13.1 Å². The van der Waals surface area contributed by atoms with Gasteiger partial charge < -0.3 is 4.42 Å². The Labute approximate surface area is 144 Å². The van der Waals surface area contributed by atoms with Crippen LogP contribution in [0.1, 0.15) is 30.4 Å². The van der Waals surface area contributed by atoms with Crippen molar-refractivity contribution in [1.82, 2.24) is 9.80 Å². The maximum Gasteiger partial charge on any atom is 0.203 e. The first-order chi connectivity index (χ1) is 11.7. The summed E-state index contributed by atoms with van der Waals surface area (Å²) in [7, 11) is 2.16. The minimum atomic E-state index is 0.393. The molecular weight excluding hydrogens is 298 g/mol. The highest BCUT2D eigenvalue weighted by atomic mass is 16.3. The predicted molar refractivity (Wildman–Crippen MR) is 94.2 cm³/mol. The molecule has 126 valence electrons. The lowest BCUT2D eigenvalue weighted by Gasteiger charge is -2.41. The molecule has 2 atom stereocenters. The molecule has 0 spiro atoms. The zero-order chi connectivity index (χ0) is 16.9. The van der Waals surface area contributed by atoms with Crippen molar-refractivity contribution >= 4 is 0 Å². The van der Waals surface area contributed by atoms with Crippen molar-refractivity contribution in [2.24, 2.45) is 5.92 Å². The number of rotatable bonds is 5. The number of piperidine rings is 1. The van der Waals surface area contributed by atoms with Crippen molar-refractivity contribution in [3.05, 3.63) is 59.5 Å². The third-order valence-corrected chi connectivity index (χ3v) is 4.94. The van der Waals surface area contributed by atoms with Crippen LogP contribution in [0.5, 0.6) is 0 Å². The molecule has 1 aromatic carbocycles. The van der Waals surface area contributed by atoms with Gasteiger partial charge in [-0.2, -0.15) is 5.26 Å². The largest absolute Gasteiger partial charge is 0.449 e. The molecule has 0 radical (unpaired) electrons. The zero-order valence-corrected chi connectivity index (χ0v) is 14.5. The van der Waals surface area contributed by atoms with Crippen LogP contribution in [0.4, 0.5) is 0 Å².